The van der Waals surface area contributed by atoms with Crippen molar-refractivity contribution < 1.29 is 4.42 Å². The minimum Gasteiger partial charge on any atom is -0.438 e. The second-order valence-electron chi connectivity index (χ2n) is 8.24. The number of para-hydroxylation sites is 1. The third-order valence-corrected chi connectivity index (χ3v) is 6.93. The summed E-state index contributed by atoms with van der Waals surface area (Å²) in [5, 5.41) is 3.58. The molecular weight excluding hydrogens is 336 g/mol. The van der Waals surface area contributed by atoms with E-state index in [1.165, 1.54) is 10.8 Å². The van der Waals surface area contributed by atoms with E-state index in [2.05, 4.69) is 62.9 Å². The average Bonchev–Trinajstić information content (AvgIpc) is 2.98. The van der Waals surface area contributed by atoms with Crippen molar-refractivity contribution in [1.29, 1.82) is 0 Å². The second-order valence-corrected chi connectivity index (χ2v) is 13.3. The molecule has 26 heavy (non-hydrogen) atoms. The first kappa shape index (κ1) is 17.0. The van der Waals surface area contributed by atoms with Gasteiger partial charge >= 0.3 is 0 Å². The van der Waals surface area contributed by atoms with Crippen LogP contribution in [0.2, 0.25) is 19.6 Å². The number of pyridine rings is 2. The normalized spacial score (nSPS) is 12.4. The van der Waals surface area contributed by atoms with Gasteiger partial charge in [0.25, 0.3) is 0 Å². The molecule has 0 atom stereocenters. The van der Waals surface area contributed by atoms with Crippen LogP contribution in [0.3, 0.4) is 0 Å². The van der Waals surface area contributed by atoms with Crippen LogP contribution in [0.5, 0.6) is 0 Å². The first-order valence-electron chi connectivity index (χ1n) is 9.12. The minimum absolute atomic E-state index is 0.477. The van der Waals surface area contributed by atoms with Crippen molar-refractivity contribution in [1.82, 2.24) is 9.97 Å². The fourth-order valence-electron chi connectivity index (χ4n) is 3.48. The highest BCUT2D eigenvalue weighted by Gasteiger charge is 2.23. The molecule has 0 saturated heterocycles. The molecule has 3 nitrogen and oxygen atoms in total. The first-order chi connectivity index (χ1) is 12.3. The van der Waals surface area contributed by atoms with Crippen molar-refractivity contribution in [2.45, 2.75) is 39.4 Å². The first-order valence-corrected chi connectivity index (χ1v) is 12.6. The van der Waals surface area contributed by atoms with E-state index < -0.39 is 8.07 Å². The van der Waals surface area contributed by atoms with Gasteiger partial charge in [-0.25, -0.2) is 4.98 Å². The molecule has 0 aliphatic carbocycles. The van der Waals surface area contributed by atoms with Crippen molar-refractivity contribution >= 4 is 35.3 Å². The molecule has 4 aromatic rings. The Morgan fingerprint density at radius 1 is 0.923 bits per heavy atom. The van der Waals surface area contributed by atoms with Gasteiger partial charge < -0.3 is 4.42 Å². The van der Waals surface area contributed by atoms with Gasteiger partial charge in [-0.3, -0.25) is 4.98 Å². The van der Waals surface area contributed by atoms with E-state index >= 15 is 0 Å². The van der Waals surface area contributed by atoms with E-state index in [1.807, 2.05) is 24.4 Å². The van der Waals surface area contributed by atoms with E-state index in [-0.39, 0.29) is 0 Å². The van der Waals surface area contributed by atoms with Crippen LogP contribution < -0.4 is 5.19 Å². The molecular formula is C22H24N2OSi. The molecule has 0 unspecified atom stereocenters. The van der Waals surface area contributed by atoms with Crippen molar-refractivity contribution in [2.75, 3.05) is 0 Å². The molecule has 0 saturated carbocycles. The zero-order chi connectivity index (χ0) is 18.5. The van der Waals surface area contributed by atoms with Gasteiger partial charge in [0.05, 0.1) is 13.8 Å². The number of hydrogen-bond donors (Lipinski definition) is 0. The lowest BCUT2D eigenvalue weighted by Crippen LogP contribution is -2.40. The predicted octanol–water partition coefficient (Wildman–Crippen LogP) is 5.71. The summed E-state index contributed by atoms with van der Waals surface area (Å²) in [6.45, 7) is 11.6. The standard InChI is InChI=1S/C22H24N2OSi/c1-14(2)17-11-19(23-13-21(17)26(3,4)5)15-10-18-16-8-6-7-9-20(16)25-22(18)24-12-15/h6-14H,1-5H3. The summed E-state index contributed by atoms with van der Waals surface area (Å²) in [7, 11) is -1.43. The molecule has 4 heteroatoms. The monoisotopic (exact) mass is 360 g/mol. The quantitative estimate of drug-likeness (QED) is 0.439. The lowest BCUT2D eigenvalue weighted by molar-refractivity contribution is 0.654. The van der Waals surface area contributed by atoms with Crippen molar-refractivity contribution in [2.24, 2.45) is 0 Å². The van der Waals surface area contributed by atoms with Gasteiger partial charge in [-0.2, -0.15) is 0 Å². The Kier molecular flexibility index (Phi) is 3.96. The highest BCUT2D eigenvalue weighted by atomic mass is 28.3. The maximum atomic E-state index is 5.84. The Labute approximate surface area is 155 Å². The average molecular weight is 361 g/mol. The topological polar surface area (TPSA) is 38.9 Å². The molecule has 3 heterocycles. The van der Waals surface area contributed by atoms with E-state index in [1.54, 1.807) is 0 Å². The van der Waals surface area contributed by atoms with Gasteiger partial charge in [-0.15, -0.1) is 0 Å². The highest BCUT2D eigenvalue weighted by molar-refractivity contribution is 6.89. The van der Waals surface area contributed by atoms with E-state index in [0.717, 1.165) is 27.6 Å². The van der Waals surface area contributed by atoms with Gasteiger partial charge in [-0.05, 0) is 34.9 Å². The molecule has 0 aliphatic heterocycles. The number of fused-ring (bicyclic) bond motifs is 3. The fraction of sp³-hybridized carbons (Fsp3) is 0.273. The van der Waals surface area contributed by atoms with E-state index in [9.17, 15) is 0 Å². The molecule has 0 fully saturated rings. The van der Waals surface area contributed by atoms with Crippen LogP contribution in [-0.4, -0.2) is 18.0 Å². The maximum Gasteiger partial charge on any atom is 0.227 e. The number of rotatable bonds is 3. The molecule has 132 valence electrons. The third kappa shape index (κ3) is 2.84. The van der Waals surface area contributed by atoms with Crippen LogP contribution in [-0.2, 0) is 0 Å². The molecule has 0 amide bonds. The predicted molar refractivity (Wildman–Crippen MR) is 112 cm³/mol. The Morgan fingerprint density at radius 2 is 1.69 bits per heavy atom. The van der Waals surface area contributed by atoms with E-state index in [0.29, 0.717) is 11.6 Å². The van der Waals surface area contributed by atoms with Crippen molar-refractivity contribution in [3.63, 3.8) is 0 Å². The molecule has 4 rings (SSSR count). The summed E-state index contributed by atoms with van der Waals surface area (Å²) in [5.41, 5.74) is 4.98. The van der Waals surface area contributed by atoms with Crippen molar-refractivity contribution in [3.05, 3.63) is 54.4 Å². The summed E-state index contributed by atoms with van der Waals surface area (Å²) in [5.74, 6) is 0.477. The van der Waals surface area contributed by atoms with Gasteiger partial charge in [0.1, 0.15) is 5.58 Å². The molecule has 0 aliphatic rings. The number of aromatic nitrogens is 2. The minimum atomic E-state index is -1.43. The highest BCUT2D eigenvalue weighted by Crippen LogP contribution is 2.31. The molecule has 1 aromatic carbocycles. The van der Waals surface area contributed by atoms with Crippen LogP contribution in [0.1, 0.15) is 25.3 Å². The lowest BCUT2D eigenvalue weighted by Gasteiger charge is -2.23. The lowest BCUT2D eigenvalue weighted by atomic mass is 10.0. The number of hydrogen-bond acceptors (Lipinski definition) is 3. The van der Waals surface area contributed by atoms with Crippen LogP contribution in [0, 0.1) is 0 Å². The van der Waals surface area contributed by atoms with Crippen molar-refractivity contribution in [3.8, 4) is 11.3 Å². The van der Waals surface area contributed by atoms with Crippen LogP contribution in [0.25, 0.3) is 33.3 Å². The molecule has 3 aromatic heterocycles. The number of nitrogens with zero attached hydrogens (tertiary/aromatic N) is 2. The Hall–Kier alpha value is -2.46. The van der Waals surface area contributed by atoms with Gasteiger partial charge in [0.15, 0.2) is 0 Å². The molecule has 0 N–H and O–H groups in total. The Morgan fingerprint density at radius 3 is 2.42 bits per heavy atom. The van der Waals surface area contributed by atoms with Crippen LogP contribution in [0.4, 0.5) is 0 Å². The summed E-state index contributed by atoms with van der Waals surface area (Å²) in [6.07, 6.45) is 3.96. The molecule has 0 radical (unpaired) electrons. The smallest absolute Gasteiger partial charge is 0.227 e. The number of benzene rings is 1. The van der Waals surface area contributed by atoms with Gasteiger partial charge in [0, 0.05) is 28.7 Å². The van der Waals surface area contributed by atoms with Crippen LogP contribution in [0.15, 0.2) is 53.2 Å². The summed E-state index contributed by atoms with van der Waals surface area (Å²) >= 11 is 0. The summed E-state index contributed by atoms with van der Waals surface area (Å²) < 4.78 is 5.84. The largest absolute Gasteiger partial charge is 0.438 e. The van der Waals surface area contributed by atoms with Gasteiger partial charge in [-0.1, -0.05) is 51.7 Å². The summed E-state index contributed by atoms with van der Waals surface area (Å²) in [4.78, 5) is 9.34. The third-order valence-electron chi connectivity index (χ3n) is 4.90. The maximum absolute atomic E-state index is 5.84. The summed E-state index contributed by atoms with van der Waals surface area (Å²) in [6, 6.07) is 12.5. The SMILES string of the molecule is CC(C)c1cc(-c2cnc3oc4ccccc4c3c2)ncc1[Si](C)(C)C. The Bertz CT molecular complexity index is 1110. The van der Waals surface area contributed by atoms with Gasteiger partial charge in [0.2, 0.25) is 5.71 Å². The fourth-order valence-corrected chi connectivity index (χ4v) is 5.16. The van der Waals surface area contributed by atoms with E-state index in [4.69, 9.17) is 9.40 Å². The molecule has 0 bridgehead atoms. The zero-order valence-corrected chi connectivity index (χ0v) is 17.0. The Balaban J connectivity index is 1.89. The zero-order valence-electron chi connectivity index (χ0n) is 16.0. The second kappa shape index (κ2) is 6.06. The number of furan rings is 1. The van der Waals surface area contributed by atoms with Crippen LogP contribution >= 0.6 is 0 Å². The molecule has 0 spiro atoms.